The summed E-state index contributed by atoms with van der Waals surface area (Å²) in [6.07, 6.45) is 0.649. The molecule has 0 fully saturated rings. The predicted molar refractivity (Wildman–Crippen MR) is 114 cm³/mol. The molecule has 3 rings (SSSR count). The van der Waals surface area contributed by atoms with Crippen molar-refractivity contribution in [1.82, 2.24) is 9.62 Å². The minimum atomic E-state index is -3.90. The Bertz CT molecular complexity index is 1060. The zero-order valence-electron chi connectivity index (χ0n) is 16.4. The molecule has 0 aliphatic carbocycles. The molecule has 0 saturated heterocycles. The van der Waals surface area contributed by atoms with Crippen molar-refractivity contribution >= 4 is 15.9 Å². The Morgan fingerprint density at radius 3 is 2.07 bits per heavy atom. The van der Waals surface area contributed by atoms with Crippen molar-refractivity contribution in [2.75, 3.05) is 13.1 Å². The van der Waals surface area contributed by atoms with Gasteiger partial charge in [-0.3, -0.25) is 4.79 Å². The molecule has 0 aliphatic rings. The number of amides is 1. The molecule has 1 amide bonds. The highest BCUT2D eigenvalue weighted by molar-refractivity contribution is 7.89. The van der Waals surface area contributed by atoms with Crippen LogP contribution < -0.4 is 5.32 Å². The minimum absolute atomic E-state index is 0.0381. The fourth-order valence-corrected chi connectivity index (χ4v) is 4.37. The van der Waals surface area contributed by atoms with E-state index < -0.39 is 21.7 Å². The lowest BCUT2D eigenvalue weighted by molar-refractivity contribution is -0.121. The van der Waals surface area contributed by atoms with E-state index in [1.54, 1.807) is 18.2 Å². The van der Waals surface area contributed by atoms with Crippen molar-refractivity contribution in [2.45, 2.75) is 17.9 Å². The first-order chi connectivity index (χ1) is 14.4. The molecular formula is C23H23FN2O3S. The number of benzene rings is 3. The summed E-state index contributed by atoms with van der Waals surface area (Å²) in [4.78, 5) is 12.6. The van der Waals surface area contributed by atoms with E-state index in [9.17, 15) is 17.6 Å². The summed E-state index contributed by atoms with van der Waals surface area (Å²) >= 11 is 0. The summed E-state index contributed by atoms with van der Waals surface area (Å²) in [7, 11) is -3.90. The molecule has 0 heterocycles. The number of rotatable bonds is 9. The molecule has 156 valence electrons. The normalized spacial score (nSPS) is 11.4. The van der Waals surface area contributed by atoms with Crippen molar-refractivity contribution in [3.05, 3.63) is 102 Å². The van der Waals surface area contributed by atoms with Crippen LogP contribution >= 0.6 is 0 Å². The molecule has 1 N–H and O–H groups in total. The Kier molecular flexibility index (Phi) is 7.32. The maximum atomic E-state index is 13.2. The van der Waals surface area contributed by atoms with Crippen LogP contribution in [-0.2, 0) is 27.8 Å². The maximum Gasteiger partial charge on any atom is 0.243 e. The van der Waals surface area contributed by atoms with E-state index >= 15 is 0 Å². The Hall–Kier alpha value is -3.03. The Morgan fingerprint density at radius 1 is 0.833 bits per heavy atom. The van der Waals surface area contributed by atoms with Gasteiger partial charge in [-0.15, -0.1) is 0 Å². The molecule has 0 saturated carbocycles. The van der Waals surface area contributed by atoms with Gasteiger partial charge in [0.1, 0.15) is 5.82 Å². The van der Waals surface area contributed by atoms with Crippen LogP contribution in [0.3, 0.4) is 0 Å². The predicted octanol–water partition coefficient (Wildman–Crippen LogP) is 3.38. The molecule has 0 aliphatic heterocycles. The first-order valence-corrected chi connectivity index (χ1v) is 11.0. The standard InChI is InChI=1S/C23H23FN2O3S/c24-21-13-11-20(12-14-21)17-26(30(28,29)22-9-5-2-6-10-22)18-23(27)25-16-15-19-7-3-1-4-8-19/h1-14H,15-18H2,(H,25,27). The van der Waals surface area contributed by atoms with E-state index in [4.69, 9.17) is 0 Å². The molecule has 3 aromatic carbocycles. The second-order valence-electron chi connectivity index (χ2n) is 6.80. The largest absolute Gasteiger partial charge is 0.355 e. The number of hydrogen-bond donors (Lipinski definition) is 1. The molecular weight excluding hydrogens is 403 g/mol. The fourth-order valence-electron chi connectivity index (χ4n) is 2.97. The third-order valence-corrected chi connectivity index (χ3v) is 6.36. The van der Waals surface area contributed by atoms with Gasteiger partial charge in [0, 0.05) is 13.1 Å². The number of nitrogens with one attached hydrogen (secondary N) is 1. The number of carbonyl (C=O) groups is 1. The molecule has 3 aromatic rings. The van der Waals surface area contributed by atoms with Crippen LogP contribution in [0.1, 0.15) is 11.1 Å². The summed E-state index contributed by atoms with van der Waals surface area (Å²) in [6, 6.07) is 23.2. The highest BCUT2D eigenvalue weighted by Crippen LogP contribution is 2.18. The average Bonchev–Trinajstić information content (AvgIpc) is 2.76. The summed E-state index contributed by atoms with van der Waals surface area (Å²) in [5.74, 6) is -0.803. The van der Waals surface area contributed by atoms with Gasteiger partial charge >= 0.3 is 0 Å². The first-order valence-electron chi connectivity index (χ1n) is 9.55. The Labute approximate surface area is 176 Å². The Morgan fingerprint density at radius 2 is 1.43 bits per heavy atom. The van der Waals surface area contributed by atoms with Gasteiger partial charge in [0.05, 0.1) is 11.4 Å². The van der Waals surface area contributed by atoms with Crippen LogP contribution in [0.4, 0.5) is 4.39 Å². The molecule has 0 aromatic heterocycles. The fraction of sp³-hybridized carbons (Fsp3) is 0.174. The highest BCUT2D eigenvalue weighted by atomic mass is 32.2. The number of nitrogens with zero attached hydrogens (tertiary/aromatic N) is 1. The third kappa shape index (κ3) is 5.98. The van der Waals surface area contributed by atoms with Gasteiger partial charge in [0.25, 0.3) is 0 Å². The quantitative estimate of drug-likeness (QED) is 0.571. The summed E-state index contributed by atoms with van der Waals surface area (Å²) in [5, 5.41) is 2.78. The zero-order chi connectivity index (χ0) is 21.4. The lowest BCUT2D eigenvalue weighted by Gasteiger charge is -2.22. The van der Waals surface area contributed by atoms with E-state index in [1.807, 2.05) is 30.3 Å². The average molecular weight is 427 g/mol. The van der Waals surface area contributed by atoms with Gasteiger partial charge in [0.15, 0.2) is 0 Å². The second kappa shape index (κ2) is 10.1. The lowest BCUT2D eigenvalue weighted by Crippen LogP contribution is -2.40. The topological polar surface area (TPSA) is 66.5 Å². The summed E-state index contributed by atoms with van der Waals surface area (Å²) in [5.41, 5.74) is 1.67. The molecule has 7 heteroatoms. The lowest BCUT2D eigenvalue weighted by atomic mass is 10.1. The van der Waals surface area contributed by atoms with Gasteiger partial charge in [-0.1, -0.05) is 60.7 Å². The second-order valence-corrected chi connectivity index (χ2v) is 8.74. The molecule has 30 heavy (non-hydrogen) atoms. The summed E-state index contributed by atoms with van der Waals surface area (Å²) < 4.78 is 40.5. The van der Waals surface area contributed by atoms with Crippen LogP contribution in [0.5, 0.6) is 0 Å². The number of carbonyl (C=O) groups excluding carboxylic acids is 1. The van der Waals surface area contributed by atoms with Crippen LogP contribution in [0.15, 0.2) is 89.8 Å². The van der Waals surface area contributed by atoms with E-state index in [0.29, 0.717) is 18.5 Å². The van der Waals surface area contributed by atoms with Gasteiger partial charge in [-0.05, 0) is 41.8 Å². The van der Waals surface area contributed by atoms with E-state index in [1.165, 1.54) is 36.4 Å². The maximum absolute atomic E-state index is 13.2. The van der Waals surface area contributed by atoms with Crippen LogP contribution in [0, 0.1) is 5.82 Å². The molecule has 5 nitrogen and oxygen atoms in total. The van der Waals surface area contributed by atoms with E-state index in [2.05, 4.69) is 5.32 Å². The summed E-state index contributed by atoms with van der Waals surface area (Å²) in [6.45, 7) is 0.0334. The first kappa shape index (κ1) is 21.7. The van der Waals surface area contributed by atoms with Crippen LogP contribution in [-0.4, -0.2) is 31.7 Å². The SMILES string of the molecule is O=C(CN(Cc1ccc(F)cc1)S(=O)(=O)c1ccccc1)NCCc1ccccc1. The van der Waals surface area contributed by atoms with Crippen molar-refractivity contribution in [3.63, 3.8) is 0 Å². The number of halogens is 1. The van der Waals surface area contributed by atoms with E-state index in [-0.39, 0.29) is 18.0 Å². The molecule has 0 bridgehead atoms. The molecule has 0 atom stereocenters. The molecule has 0 spiro atoms. The highest BCUT2D eigenvalue weighted by Gasteiger charge is 2.26. The number of sulfonamides is 1. The van der Waals surface area contributed by atoms with Crippen molar-refractivity contribution < 1.29 is 17.6 Å². The van der Waals surface area contributed by atoms with Crippen molar-refractivity contribution in [2.24, 2.45) is 0 Å². The molecule has 0 unspecified atom stereocenters. The number of hydrogen-bond acceptors (Lipinski definition) is 3. The zero-order valence-corrected chi connectivity index (χ0v) is 17.2. The van der Waals surface area contributed by atoms with Gasteiger partial charge in [-0.25, -0.2) is 12.8 Å². The monoisotopic (exact) mass is 426 g/mol. The minimum Gasteiger partial charge on any atom is -0.355 e. The van der Waals surface area contributed by atoms with Gasteiger partial charge < -0.3 is 5.32 Å². The molecule has 0 radical (unpaired) electrons. The van der Waals surface area contributed by atoms with Gasteiger partial charge in [0.2, 0.25) is 15.9 Å². The third-order valence-electron chi connectivity index (χ3n) is 4.55. The van der Waals surface area contributed by atoms with E-state index in [0.717, 1.165) is 9.87 Å². The van der Waals surface area contributed by atoms with Gasteiger partial charge in [-0.2, -0.15) is 4.31 Å². The van der Waals surface area contributed by atoms with Crippen LogP contribution in [0.2, 0.25) is 0 Å². The van der Waals surface area contributed by atoms with Crippen molar-refractivity contribution in [1.29, 1.82) is 0 Å². The smallest absolute Gasteiger partial charge is 0.243 e. The Balaban J connectivity index is 1.71. The van der Waals surface area contributed by atoms with Crippen LogP contribution in [0.25, 0.3) is 0 Å². The van der Waals surface area contributed by atoms with Crippen molar-refractivity contribution in [3.8, 4) is 0 Å².